The quantitative estimate of drug-likeness (QED) is 0.819. The summed E-state index contributed by atoms with van der Waals surface area (Å²) in [6.45, 7) is 4.16. The van der Waals surface area contributed by atoms with E-state index in [4.69, 9.17) is 0 Å². The van der Waals surface area contributed by atoms with Crippen molar-refractivity contribution in [2.24, 2.45) is 5.92 Å². The molecule has 0 aromatic carbocycles. The highest BCUT2D eigenvalue weighted by Gasteiger charge is 2.26. The summed E-state index contributed by atoms with van der Waals surface area (Å²) < 4.78 is 0. The van der Waals surface area contributed by atoms with E-state index >= 15 is 0 Å². The van der Waals surface area contributed by atoms with E-state index in [-0.39, 0.29) is 17.7 Å². The van der Waals surface area contributed by atoms with Crippen LogP contribution in [0.15, 0.2) is 5.38 Å². The smallest absolute Gasteiger partial charge is 0.252 e. The van der Waals surface area contributed by atoms with Crippen molar-refractivity contribution in [2.75, 3.05) is 19.6 Å². The summed E-state index contributed by atoms with van der Waals surface area (Å²) in [5, 5.41) is 3.32. The molecule has 1 saturated carbocycles. The Hall–Kier alpha value is -1.47. The lowest BCUT2D eigenvalue weighted by Gasteiger charge is -2.30. The molecule has 1 aromatic heterocycles. The van der Waals surface area contributed by atoms with Crippen molar-refractivity contribution >= 4 is 23.2 Å². The van der Waals surface area contributed by atoms with Gasteiger partial charge in [0.2, 0.25) is 5.91 Å². The molecule has 0 radical (unpaired) electrons. The van der Waals surface area contributed by atoms with Crippen LogP contribution in [-0.4, -0.2) is 41.3 Å². The highest BCUT2D eigenvalue weighted by atomic mass is 32.1. The molecule has 2 fully saturated rings. The van der Waals surface area contributed by atoms with Crippen molar-refractivity contribution in [3.63, 3.8) is 0 Å². The fourth-order valence-corrected chi connectivity index (χ4v) is 4.01. The molecule has 23 heavy (non-hydrogen) atoms. The van der Waals surface area contributed by atoms with Crippen molar-refractivity contribution in [1.29, 1.82) is 0 Å². The third kappa shape index (κ3) is 4.29. The number of amides is 2. The number of thiazole rings is 1. The van der Waals surface area contributed by atoms with E-state index in [1.807, 2.05) is 6.92 Å². The van der Waals surface area contributed by atoms with E-state index in [0.717, 1.165) is 50.9 Å². The number of hydrazine groups is 1. The molecule has 3 rings (SSSR count). The van der Waals surface area contributed by atoms with Crippen molar-refractivity contribution in [2.45, 2.75) is 44.9 Å². The van der Waals surface area contributed by atoms with Crippen LogP contribution in [0, 0.1) is 12.8 Å². The molecule has 6 nitrogen and oxygen atoms in total. The van der Waals surface area contributed by atoms with Crippen LogP contribution in [0.2, 0.25) is 0 Å². The number of rotatable bonds is 4. The standard InChI is InChI=1S/C16H24N4O2S/c1-11-10-23-16(17-11)13-5-7-20(8-6-13)9-14(21)18-19-15(22)12-3-2-4-12/h10,12-13H,2-9H2,1H3,(H,18,21)(H,19,22). The maximum Gasteiger partial charge on any atom is 0.252 e. The Labute approximate surface area is 140 Å². The number of hydrogen-bond acceptors (Lipinski definition) is 5. The van der Waals surface area contributed by atoms with E-state index in [1.54, 1.807) is 11.3 Å². The van der Waals surface area contributed by atoms with Crippen LogP contribution in [0.4, 0.5) is 0 Å². The first-order valence-corrected chi connectivity index (χ1v) is 9.23. The number of likely N-dealkylation sites (tertiary alicyclic amines) is 1. The molecule has 0 unspecified atom stereocenters. The summed E-state index contributed by atoms with van der Waals surface area (Å²) >= 11 is 1.74. The maximum atomic E-state index is 11.9. The second-order valence-corrected chi connectivity index (χ2v) is 7.43. The van der Waals surface area contributed by atoms with Crippen molar-refractivity contribution < 1.29 is 9.59 Å². The lowest BCUT2D eigenvalue weighted by molar-refractivity contribution is -0.133. The van der Waals surface area contributed by atoms with E-state index in [0.29, 0.717) is 12.5 Å². The van der Waals surface area contributed by atoms with Gasteiger partial charge in [-0.3, -0.25) is 25.3 Å². The Bertz CT molecular complexity index is 562. The molecule has 2 N–H and O–H groups in total. The first-order valence-electron chi connectivity index (χ1n) is 8.35. The summed E-state index contributed by atoms with van der Waals surface area (Å²) in [4.78, 5) is 30.3. The summed E-state index contributed by atoms with van der Waals surface area (Å²) in [7, 11) is 0. The molecule has 7 heteroatoms. The molecule has 0 spiro atoms. The fourth-order valence-electron chi connectivity index (χ4n) is 3.04. The molecule has 0 bridgehead atoms. The SMILES string of the molecule is Cc1csc(C2CCN(CC(=O)NNC(=O)C3CCC3)CC2)n1. The second kappa shape index (κ2) is 7.40. The van der Waals surface area contributed by atoms with Gasteiger partial charge in [-0.05, 0) is 45.7 Å². The minimum atomic E-state index is -0.138. The van der Waals surface area contributed by atoms with Gasteiger partial charge in [0, 0.05) is 22.9 Å². The molecule has 1 aromatic rings. The van der Waals surface area contributed by atoms with Crippen LogP contribution < -0.4 is 10.9 Å². The minimum Gasteiger partial charge on any atom is -0.294 e. The maximum absolute atomic E-state index is 11.9. The monoisotopic (exact) mass is 336 g/mol. The minimum absolute atomic E-state index is 0.0533. The van der Waals surface area contributed by atoms with E-state index in [9.17, 15) is 9.59 Å². The van der Waals surface area contributed by atoms with Gasteiger partial charge in [0.15, 0.2) is 0 Å². The largest absolute Gasteiger partial charge is 0.294 e. The number of hydrogen-bond donors (Lipinski definition) is 2. The van der Waals surface area contributed by atoms with Crippen LogP contribution in [-0.2, 0) is 9.59 Å². The van der Waals surface area contributed by atoms with Gasteiger partial charge in [-0.2, -0.15) is 0 Å². The molecule has 2 aliphatic rings. The predicted molar refractivity (Wildman–Crippen MR) is 88.9 cm³/mol. The number of nitrogens with zero attached hydrogens (tertiary/aromatic N) is 2. The molecular formula is C16H24N4O2S. The topological polar surface area (TPSA) is 74.3 Å². The predicted octanol–water partition coefficient (Wildman–Crippen LogP) is 1.58. The zero-order valence-electron chi connectivity index (χ0n) is 13.5. The van der Waals surface area contributed by atoms with Gasteiger partial charge >= 0.3 is 0 Å². The van der Waals surface area contributed by atoms with Crippen molar-refractivity contribution in [3.8, 4) is 0 Å². The number of nitrogens with one attached hydrogen (secondary N) is 2. The summed E-state index contributed by atoms with van der Waals surface area (Å²) in [5.74, 6) is 0.419. The Morgan fingerprint density at radius 3 is 2.57 bits per heavy atom. The van der Waals surface area contributed by atoms with Gasteiger partial charge in [0.1, 0.15) is 0 Å². The number of piperidine rings is 1. The third-order valence-corrected chi connectivity index (χ3v) is 5.87. The highest BCUT2D eigenvalue weighted by molar-refractivity contribution is 7.09. The van der Waals surface area contributed by atoms with Crippen LogP contribution >= 0.6 is 11.3 Å². The van der Waals surface area contributed by atoms with E-state index in [1.165, 1.54) is 5.01 Å². The first-order chi connectivity index (χ1) is 11.1. The lowest BCUT2D eigenvalue weighted by Crippen LogP contribution is -2.50. The van der Waals surface area contributed by atoms with Gasteiger partial charge in [-0.25, -0.2) is 4.98 Å². The number of aromatic nitrogens is 1. The van der Waals surface area contributed by atoms with Crippen LogP contribution in [0.25, 0.3) is 0 Å². The Kier molecular flexibility index (Phi) is 5.27. The van der Waals surface area contributed by atoms with Crippen molar-refractivity contribution in [3.05, 3.63) is 16.1 Å². The van der Waals surface area contributed by atoms with Crippen LogP contribution in [0.5, 0.6) is 0 Å². The van der Waals surface area contributed by atoms with E-state index < -0.39 is 0 Å². The first kappa shape index (κ1) is 16.4. The zero-order valence-corrected chi connectivity index (χ0v) is 14.3. The summed E-state index contributed by atoms with van der Waals surface area (Å²) in [6.07, 6.45) is 5.06. The molecule has 2 heterocycles. The van der Waals surface area contributed by atoms with Gasteiger partial charge in [0.25, 0.3) is 5.91 Å². The molecule has 1 aliphatic heterocycles. The Balaban J connectivity index is 1.36. The van der Waals surface area contributed by atoms with Crippen molar-refractivity contribution in [1.82, 2.24) is 20.7 Å². The third-order valence-electron chi connectivity index (χ3n) is 4.74. The Morgan fingerprint density at radius 1 is 1.26 bits per heavy atom. The lowest BCUT2D eigenvalue weighted by atomic mass is 9.85. The average molecular weight is 336 g/mol. The second-order valence-electron chi connectivity index (χ2n) is 6.54. The number of carbonyl (C=O) groups excluding carboxylic acids is 2. The molecule has 1 saturated heterocycles. The van der Waals surface area contributed by atoms with Gasteiger partial charge in [-0.15, -0.1) is 11.3 Å². The molecule has 126 valence electrons. The molecule has 0 atom stereocenters. The number of aryl methyl sites for hydroxylation is 1. The van der Waals surface area contributed by atoms with Gasteiger partial charge in [0.05, 0.1) is 11.6 Å². The number of carbonyl (C=O) groups is 2. The van der Waals surface area contributed by atoms with E-state index in [2.05, 4.69) is 26.1 Å². The normalized spacial score (nSPS) is 20.0. The molecule has 2 amide bonds. The van der Waals surface area contributed by atoms with Gasteiger partial charge in [-0.1, -0.05) is 6.42 Å². The highest BCUT2D eigenvalue weighted by Crippen LogP contribution is 2.30. The van der Waals surface area contributed by atoms with Crippen LogP contribution in [0.1, 0.15) is 48.7 Å². The summed E-state index contributed by atoms with van der Waals surface area (Å²) in [6, 6.07) is 0. The summed E-state index contributed by atoms with van der Waals surface area (Å²) in [5.41, 5.74) is 6.16. The molecular weight excluding hydrogens is 312 g/mol. The zero-order chi connectivity index (χ0) is 16.2. The average Bonchev–Trinajstić information content (AvgIpc) is 2.91. The molecule has 1 aliphatic carbocycles. The fraction of sp³-hybridized carbons (Fsp3) is 0.688. The van der Waals surface area contributed by atoms with Crippen LogP contribution in [0.3, 0.4) is 0 Å². The van der Waals surface area contributed by atoms with Gasteiger partial charge < -0.3 is 0 Å². The Morgan fingerprint density at radius 2 is 2.00 bits per heavy atom.